The monoisotopic (exact) mass is 257 g/mol. The fourth-order valence-electron chi connectivity index (χ4n) is 2.41. The summed E-state index contributed by atoms with van der Waals surface area (Å²) in [5.41, 5.74) is 0. The zero-order chi connectivity index (χ0) is 12.8. The van der Waals surface area contributed by atoms with Crippen LogP contribution in [0.5, 0.6) is 0 Å². The van der Waals surface area contributed by atoms with E-state index in [9.17, 15) is 0 Å². The average Bonchev–Trinajstić information content (AvgIpc) is 2.27. The molecule has 1 rings (SSSR count). The predicted molar refractivity (Wildman–Crippen MR) is 78.3 cm³/mol. The van der Waals surface area contributed by atoms with E-state index in [-0.39, 0.29) is 0 Å². The molecule has 1 aliphatic rings. The van der Waals surface area contributed by atoms with Crippen molar-refractivity contribution in [1.82, 2.24) is 15.5 Å². The Morgan fingerprint density at radius 3 is 2.53 bits per heavy atom. The van der Waals surface area contributed by atoms with Crippen molar-refractivity contribution in [3.05, 3.63) is 0 Å². The zero-order valence-electron chi connectivity index (χ0n) is 11.6. The molecule has 0 radical (unpaired) electrons. The van der Waals surface area contributed by atoms with Gasteiger partial charge in [-0.3, -0.25) is 0 Å². The molecule has 17 heavy (non-hydrogen) atoms. The Labute approximate surface area is 111 Å². The molecule has 2 atom stereocenters. The van der Waals surface area contributed by atoms with Crippen LogP contribution < -0.4 is 10.6 Å². The number of rotatable bonds is 4. The Morgan fingerprint density at radius 1 is 1.29 bits per heavy atom. The van der Waals surface area contributed by atoms with Crippen molar-refractivity contribution >= 4 is 17.3 Å². The van der Waals surface area contributed by atoms with Crippen LogP contribution in [0.3, 0.4) is 0 Å². The van der Waals surface area contributed by atoms with Crippen LogP contribution in [-0.4, -0.2) is 42.7 Å². The topological polar surface area (TPSA) is 27.3 Å². The van der Waals surface area contributed by atoms with Crippen molar-refractivity contribution < 1.29 is 0 Å². The molecule has 0 aromatic carbocycles. The normalized spacial score (nSPS) is 25.1. The molecule has 0 bridgehead atoms. The van der Waals surface area contributed by atoms with Crippen LogP contribution in [0.25, 0.3) is 0 Å². The molecule has 1 aliphatic carbocycles. The van der Waals surface area contributed by atoms with Gasteiger partial charge in [-0.2, -0.15) is 0 Å². The van der Waals surface area contributed by atoms with E-state index in [1.807, 2.05) is 0 Å². The molecular weight excluding hydrogens is 230 g/mol. The lowest BCUT2D eigenvalue weighted by Gasteiger charge is -2.37. The van der Waals surface area contributed by atoms with Gasteiger partial charge in [-0.1, -0.05) is 26.7 Å². The van der Waals surface area contributed by atoms with Gasteiger partial charge in [0.25, 0.3) is 0 Å². The minimum Gasteiger partial charge on any atom is -0.362 e. The molecule has 100 valence electrons. The lowest BCUT2D eigenvalue weighted by molar-refractivity contribution is 0.189. The molecule has 2 unspecified atom stereocenters. The second-order valence-corrected chi connectivity index (χ2v) is 6.08. The van der Waals surface area contributed by atoms with Crippen molar-refractivity contribution in [2.24, 2.45) is 5.92 Å². The molecule has 4 heteroatoms. The average molecular weight is 257 g/mol. The van der Waals surface area contributed by atoms with E-state index in [2.05, 4.69) is 43.5 Å². The molecule has 0 heterocycles. The van der Waals surface area contributed by atoms with E-state index in [0.717, 1.165) is 11.7 Å². The molecule has 0 aromatic rings. The van der Waals surface area contributed by atoms with E-state index in [0.29, 0.717) is 18.0 Å². The summed E-state index contributed by atoms with van der Waals surface area (Å²) in [7, 11) is 4.32. The third kappa shape index (κ3) is 5.21. The third-order valence-corrected chi connectivity index (χ3v) is 3.64. The number of hydrogen-bond acceptors (Lipinski definition) is 2. The molecule has 1 saturated carbocycles. The highest BCUT2D eigenvalue weighted by atomic mass is 32.1. The lowest BCUT2D eigenvalue weighted by Crippen LogP contribution is -2.53. The highest BCUT2D eigenvalue weighted by molar-refractivity contribution is 7.80. The van der Waals surface area contributed by atoms with Crippen LogP contribution in [0.1, 0.15) is 39.5 Å². The summed E-state index contributed by atoms with van der Waals surface area (Å²) >= 11 is 5.35. The number of nitrogens with zero attached hydrogens (tertiary/aromatic N) is 1. The van der Waals surface area contributed by atoms with Gasteiger partial charge in [0, 0.05) is 18.6 Å². The van der Waals surface area contributed by atoms with Crippen molar-refractivity contribution in [3.63, 3.8) is 0 Å². The molecular formula is C13H27N3S. The molecule has 0 aliphatic heterocycles. The number of nitrogens with one attached hydrogen (secondary N) is 2. The standard InChI is InChI=1S/C13H27N3S/c1-10(2)9-14-13(17)15-11-7-5-6-8-12(11)16(3)4/h10-12H,5-9H2,1-4H3,(H2,14,15,17). The third-order valence-electron chi connectivity index (χ3n) is 3.38. The molecule has 0 saturated heterocycles. The Kier molecular flexibility index (Phi) is 6.20. The smallest absolute Gasteiger partial charge is 0.166 e. The summed E-state index contributed by atoms with van der Waals surface area (Å²) in [6.45, 7) is 5.34. The quantitative estimate of drug-likeness (QED) is 0.753. The van der Waals surface area contributed by atoms with Crippen LogP contribution >= 0.6 is 12.2 Å². The Balaban J connectivity index is 2.39. The van der Waals surface area contributed by atoms with Crippen molar-refractivity contribution in [2.75, 3.05) is 20.6 Å². The molecule has 0 amide bonds. The van der Waals surface area contributed by atoms with Crippen LogP contribution in [0.15, 0.2) is 0 Å². The van der Waals surface area contributed by atoms with Crippen molar-refractivity contribution in [2.45, 2.75) is 51.6 Å². The molecule has 0 spiro atoms. The second kappa shape index (κ2) is 7.17. The second-order valence-electron chi connectivity index (χ2n) is 5.67. The Hall–Kier alpha value is -0.350. The van der Waals surface area contributed by atoms with E-state index >= 15 is 0 Å². The molecule has 2 N–H and O–H groups in total. The van der Waals surface area contributed by atoms with Gasteiger partial charge in [-0.25, -0.2) is 0 Å². The molecule has 0 aromatic heterocycles. The van der Waals surface area contributed by atoms with Gasteiger partial charge in [0.1, 0.15) is 0 Å². The van der Waals surface area contributed by atoms with Gasteiger partial charge in [0.15, 0.2) is 5.11 Å². The zero-order valence-corrected chi connectivity index (χ0v) is 12.4. The SMILES string of the molecule is CC(C)CNC(=S)NC1CCCCC1N(C)C. The van der Waals surface area contributed by atoms with Crippen molar-refractivity contribution in [3.8, 4) is 0 Å². The summed E-state index contributed by atoms with van der Waals surface area (Å²) < 4.78 is 0. The van der Waals surface area contributed by atoms with E-state index in [1.165, 1.54) is 25.7 Å². The van der Waals surface area contributed by atoms with Gasteiger partial charge in [0.2, 0.25) is 0 Å². The van der Waals surface area contributed by atoms with E-state index < -0.39 is 0 Å². The van der Waals surface area contributed by atoms with E-state index in [4.69, 9.17) is 12.2 Å². The molecule has 1 fully saturated rings. The summed E-state index contributed by atoms with van der Waals surface area (Å²) in [5.74, 6) is 0.630. The van der Waals surface area contributed by atoms with Crippen molar-refractivity contribution in [1.29, 1.82) is 0 Å². The fraction of sp³-hybridized carbons (Fsp3) is 0.923. The van der Waals surface area contributed by atoms with Gasteiger partial charge >= 0.3 is 0 Å². The van der Waals surface area contributed by atoms with Crippen LogP contribution in [0, 0.1) is 5.92 Å². The van der Waals surface area contributed by atoms with Gasteiger partial charge in [-0.15, -0.1) is 0 Å². The fourth-order valence-corrected chi connectivity index (χ4v) is 2.65. The highest BCUT2D eigenvalue weighted by Crippen LogP contribution is 2.21. The van der Waals surface area contributed by atoms with Crippen LogP contribution in [-0.2, 0) is 0 Å². The summed E-state index contributed by atoms with van der Waals surface area (Å²) in [6, 6.07) is 1.12. The largest absolute Gasteiger partial charge is 0.362 e. The lowest BCUT2D eigenvalue weighted by atomic mass is 9.90. The summed E-state index contributed by atoms with van der Waals surface area (Å²) in [4.78, 5) is 2.32. The predicted octanol–water partition coefficient (Wildman–Crippen LogP) is 1.98. The maximum Gasteiger partial charge on any atom is 0.166 e. The Bertz CT molecular complexity index is 241. The summed E-state index contributed by atoms with van der Waals surface area (Å²) in [6.07, 6.45) is 5.16. The molecule has 3 nitrogen and oxygen atoms in total. The first kappa shape index (κ1) is 14.7. The minimum absolute atomic E-state index is 0.505. The minimum atomic E-state index is 0.505. The maximum atomic E-state index is 5.35. The van der Waals surface area contributed by atoms with Crippen LogP contribution in [0.4, 0.5) is 0 Å². The van der Waals surface area contributed by atoms with Crippen LogP contribution in [0.2, 0.25) is 0 Å². The first-order chi connectivity index (χ1) is 8.00. The highest BCUT2D eigenvalue weighted by Gasteiger charge is 2.26. The van der Waals surface area contributed by atoms with Gasteiger partial charge in [-0.05, 0) is 45.1 Å². The number of likely N-dealkylation sites (N-methyl/N-ethyl adjacent to an activating group) is 1. The Morgan fingerprint density at radius 2 is 1.94 bits per heavy atom. The van der Waals surface area contributed by atoms with Gasteiger partial charge in [0.05, 0.1) is 0 Å². The maximum absolute atomic E-state index is 5.35. The first-order valence-corrected chi connectivity index (χ1v) is 7.12. The number of thiocarbonyl (C=S) groups is 1. The van der Waals surface area contributed by atoms with E-state index in [1.54, 1.807) is 0 Å². The summed E-state index contributed by atoms with van der Waals surface area (Å²) in [5, 5.41) is 7.59. The number of hydrogen-bond donors (Lipinski definition) is 2. The van der Waals surface area contributed by atoms with Gasteiger partial charge < -0.3 is 15.5 Å². The first-order valence-electron chi connectivity index (χ1n) is 6.71.